The summed E-state index contributed by atoms with van der Waals surface area (Å²) in [5.41, 5.74) is 0.937. The zero-order valence-electron chi connectivity index (χ0n) is 20.3. The SMILES string of the molecule is Cc1cc(N2C[C@H]3CC[C@@H](C2)C3Nc2nc(Oc3ccc(F)c(Cl)c3)n(CC3(C)COC3)n2)ncn1. The molecule has 1 aliphatic carbocycles. The molecule has 0 spiro atoms. The number of piperidine rings is 1. The van der Waals surface area contributed by atoms with Gasteiger partial charge < -0.3 is 19.7 Å². The number of nitrogens with zero attached hydrogens (tertiary/aromatic N) is 6. The van der Waals surface area contributed by atoms with Crippen molar-refractivity contribution in [3.05, 3.63) is 47.1 Å². The van der Waals surface area contributed by atoms with Crippen molar-refractivity contribution < 1.29 is 13.9 Å². The van der Waals surface area contributed by atoms with E-state index in [0.29, 0.717) is 49.3 Å². The molecular formula is C25H29ClFN7O2. The van der Waals surface area contributed by atoms with E-state index in [0.717, 1.165) is 37.4 Å². The molecule has 6 rings (SSSR count). The minimum absolute atomic E-state index is 0.00140. The van der Waals surface area contributed by atoms with Crippen molar-refractivity contribution in [3.63, 3.8) is 0 Å². The van der Waals surface area contributed by atoms with Gasteiger partial charge in [-0.15, -0.1) is 5.10 Å². The van der Waals surface area contributed by atoms with E-state index in [1.54, 1.807) is 11.0 Å². The van der Waals surface area contributed by atoms with E-state index in [-0.39, 0.29) is 16.5 Å². The third-order valence-corrected chi connectivity index (χ3v) is 7.70. The van der Waals surface area contributed by atoms with Crippen LogP contribution in [0.1, 0.15) is 25.5 Å². The Kier molecular flexibility index (Phi) is 5.95. The zero-order valence-corrected chi connectivity index (χ0v) is 21.1. The van der Waals surface area contributed by atoms with Crippen LogP contribution in [0.15, 0.2) is 30.6 Å². The summed E-state index contributed by atoms with van der Waals surface area (Å²) in [5, 5.41) is 8.38. The third-order valence-electron chi connectivity index (χ3n) is 7.41. The zero-order chi connectivity index (χ0) is 24.9. The summed E-state index contributed by atoms with van der Waals surface area (Å²) >= 11 is 5.96. The van der Waals surface area contributed by atoms with Crippen LogP contribution in [0.25, 0.3) is 0 Å². The Morgan fingerprint density at radius 2 is 1.97 bits per heavy atom. The molecule has 190 valence electrons. The number of aryl methyl sites for hydroxylation is 1. The number of benzene rings is 1. The Hall–Kier alpha value is -2.98. The summed E-state index contributed by atoms with van der Waals surface area (Å²) in [6, 6.07) is 6.93. The van der Waals surface area contributed by atoms with Gasteiger partial charge in [-0.25, -0.2) is 19.0 Å². The molecule has 0 radical (unpaired) electrons. The van der Waals surface area contributed by atoms with Crippen molar-refractivity contribution in [3.8, 4) is 11.8 Å². The van der Waals surface area contributed by atoms with Crippen molar-refractivity contribution in [1.82, 2.24) is 24.7 Å². The number of anilines is 2. The quantitative estimate of drug-likeness (QED) is 0.499. The lowest BCUT2D eigenvalue weighted by Crippen LogP contribution is -2.48. The largest absolute Gasteiger partial charge is 0.424 e. The van der Waals surface area contributed by atoms with Gasteiger partial charge in [-0.1, -0.05) is 18.5 Å². The highest BCUT2D eigenvalue weighted by molar-refractivity contribution is 6.30. The topological polar surface area (TPSA) is 90.2 Å². The van der Waals surface area contributed by atoms with Crippen LogP contribution in [0.2, 0.25) is 5.02 Å². The first-order chi connectivity index (χ1) is 17.3. The molecule has 0 amide bonds. The molecule has 36 heavy (non-hydrogen) atoms. The smallest absolute Gasteiger partial charge is 0.322 e. The highest BCUT2D eigenvalue weighted by Crippen LogP contribution is 2.40. The van der Waals surface area contributed by atoms with Crippen LogP contribution in [-0.4, -0.2) is 57.1 Å². The molecule has 2 aliphatic heterocycles. The number of fused-ring (bicyclic) bond motifs is 2. The van der Waals surface area contributed by atoms with E-state index >= 15 is 0 Å². The van der Waals surface area contributed by atoms with Crippen molar-refractivity contribution in [2.45, 2.75) is 39.3 Å². The van der Waals surface area contributed by atoms with Crippen LogP contribution >= 0.6 is 11.6 Å². The number of ether oxygens (including phenoxy) is 2. The lowest BCUT2D eigenvalue weighted by molar-refractivity contribution is -0.112. The number of halogens is 2. The summed E-state index contributed by atoms with van der Waals surface area (Å²) < 4.78 is 26.8. The standard InChI is InChI=1S/C25H29ClFN7O2/c1-15-7-21(29-14-28-15)33-9-16-3-4-17(10-33)22(16)30-23-31-24(34(32-23)11-25(2)12-35-13-25)36-18-5-6-20(27)19(26)8-18/h5-8,14,16-17,22H,3-4,9-13H2,1-2H3,(H,30,32)/t16-,17+,22?. The Morgan fingerprint density at radius 1 is 1.19 bits per heavy atom. The number of hydrogen-bond acceptors (Lipinski definition) is 8. The normalized spacial score (nSPS) is 24.4. The highest BCUT2D eigenvalue weighted by atomic mass is 35.5. The number of aromatic nitrogens is 5. The molecule has 3 aromatic rings. The monoisotopic (exact) mass is 513 g/mol. The van der Waals surface area contributed by atoms with E-state index in [1.807, 2.05) is 13.0 Å². The summed E-state index contributed by atoms with van der Waals surface area (Å²) in [6.45, 7) is 7.91. The Balaban J connectivity index is 1.21. The average molecular weight is 514 g/mol. The van der Waals surface area contributed by atoms with Crippen LogP contribution in [0.3, 0.4) is 0 Å². The number of rotatable bonds is 7. The van der Waals surface area contributed by atoms with Crippen LogP contribution in [0, 0.1) is 30.0 Å². The summed E-state index contributed by atoms with van der Waals surface area (Å²) in [7, 11) is 0. The second kappa shape index (κ2) is 9.15. The van der Waals surface area contributed by atoms with Crippen molar-refractivity contribution in [2.75, 3.05) is 36.5 Å². The molecular weight excluding hydrogens is 485 g/mol. The molecule has 1 saturated carbocycles. The van der Waals surface area contributed by atoms with Gasteiger partial charge >= 0.3 is 6.01 Å². The number of hydrogen-bond donors (Lipinski definition) is 1. The molecule has 4 heterocycles. The summed E-state index contributed by atoms with van der Waals surface area (Å²) in [5.74, 6) is 2.36. The van der Waals surface area contributed by atoms with E-state index in [9.17, 15) is 4.39 Å². The molecule has 1 unspecified atom stereocenters. The maximum atomic E-state index is 13.6. The molecule has 2 bridgehead atoms. The van der Waals surface area contributed by atoms with Gasteiger partial charge in [0.05, 0.1) is 24.8 Å². The molecule has 3 atom stereocenters. The van der Waals surface area contributed by atoms with Gasteiger partial charge in [0.1, 0.15) is 23.7 Å². The van der Waals surface area contributed by atoms with Gasteiger partial charge in [0, 0.05) is 42.4 Å². The van der Waals surface area contributed by atoms with Crippen LogP contribution < -0.4 is 15.0 Å². The molecule has 2 aromatic heterocycles. The fourth-order valence-electron chi connectivity index (χ4n) is 5.52. The van der Waals surface area contributed by atoms with E-state index < -0.39 is 5.82 Å². The van der Waals surface area contributed by atoms with Crippen molar-refractivity contribution in [2.24, 2.45) is 17.3 Å². The van der Waals surface area contributed by atoms with Gasteiger partial charge in [0.15, 0.2) is 0 Å². The van der Waals surface area contributed by atoms with Crippen molar-refractivity contribution in [1.29, 1.82) is 0 Å². The second-order valence-electron chi connectivity index (χ2n) is 10.5. The summed E-state index contributed by atoms with van der Waals surface area (Å²) in [4.78, 5) is 15.8. The molecule has 1 N–H and O–H groups in total. The van der Waals surface area contributed by atoms with Crippen molar-refractivity contribution >= 4 is 23.4 Å². The maximum Gasteiger partial charge on any atom is 0.322 e. The van der Waals surface area contributed by atoms with Crippen LogP contribution in [0.5, 0.6) is 11.8 Å². The Morgan fingerprint density at radius 3 is 2.64 bits per heavy atom. The Labute approximate surface area is 214 Å². The van der Waals surface area contributed by atoms with Crippen LogP contribution in [-0.2, 0) is 11.3 Å². The maximum absolute atomic E-state index is 13.6. The van der Waals surface area contributed by atoms with Gasteiger partial charge in [-0.2, -0.15) is 4.98 Å². The predicted octanol–water partition coefficient (Wildman–Crippen LogP) is 4.32. The van der Waals surface area contributed by atoms with Gasteiger partial charge in [-0.3, -0.25) is 0 Å². The molecule has 11 heteroatoms. The first-order valence-corrected chi connectivity index (χ1v) is 12.7. The van der Waals surface area contributed by atoms with E-state index in [4.69, 9.17) is 26.2 Å². The minimum Gasteiger partial charge on any atom is -0.424 e. The van der Waals surface area contributed by atoms with E-state index in [2.05, 4.69) is 32.1 Å². The Bertz CT molecular complexity index is 1250. The fourth-order valence-corrected chi connectivity index (χ4v) is 5.69. The predicted molar refractivity (Wildman–Crippen MR) is 133 cm³/mol. The first kappa shape index (κ1) is 23.4. The molecule has 3 aliphatic rings. The van der Waals surface area contributed by atoms with E-state index in [1.165, 1.54) is 18.2 Å². The molecule has 1 aromatic carbocycles. The number of nitrogens with one attached hydrogen (secondary N) is 1. The van der Waals surface area contributed by atoms with Gasteiger partial charge in [0.25, 0.3) is 0 Å². The fraction of sp³-hybridized carbons (Fsp3) is 0.520. The molecule has 3 fully saturated rings. The summed E-state index contributed by atoms with van der Waals surface area (Å²) in [6.07, 6.45) is 3.93. The average Bonchev–Trinajstić information content (AvgIpc) is 3.29. The molecule has 9 nitrogen and oxygen atoms in total. The third kappa shape index (κ3) is 4.59. The van der Waals surface area contributed by atoms with Gasteiger partial charge in [0.2, 0.25) is 5.95 Å². The minimum atomic E-state index is -0.495. The van der Waals surface area contributed by atoms with Crippen LogP contribution in [0.4, 0.5) is 16.2 Å². The second-order valence-corrected chi connectivity index (χ2v) is 11.0. The first-order valence-electron chi connectivity index (χ1n) is 12.3. The highest BCUT2D eigenvalue weighted by Gasteiger charge is 2.43. The lowest BCUT2D eigenvalue weighted by Gasteiger charge is -2.38. The molecule has 2 saturated heterocycles. The lowest BCUT2D eigenvalue weighted by atomic mass is 9.89. The van der Waals surface area contributed by atoms with Gasteiger partial charge in [-0.05, 0) is 43.7 Å².